The summed E-state index contributed by atoms with van der Waals surface area (Å²) in [5.74, 6) is 0.214. The van der Waals surface area contributed by atoms with Crippen molar-refractivity contribution in [2.45, 2.75) is 39.7 Å². The number of amides is 1. The van der Waals surface area contributed by atoms with Crippen molar-refractivity contribution in [2.75, 3.05) is 13.1 Å². The van der Waals surface area contributed by atoms with Gasteiger partial charge in [0.1, 0.15) is 0 Å². The Morgan fingerprint density at radius 2 is 1.89 bits per heavy atom. The van der Waals surface area contributed by atoms with Crippen molar-refractivity contribution in [2.24, 2.45) is 21.9 Å². The summed E-state index contributed by atoms with van der Waals surface area (Å²) < 4.78 is 0. The number of carbonyl (C=O) groups is 1. The van der Waals surface area contributed by atoms with Crippen LogP contribution in [0.4, 0.5) is 0 Å². The molecule has 0 aliphatic carbocycles. The molecule has 5 heteroatoms. The average molecular weight is 252 g/mol. The van der Waals surface area contributed by atoms with E-state index in [4.69, 9.17) is 11.5 Å². The zero-order chi connectivity index (χ0) is 13.8. The molecule has 102 valence electrons. The van der Waals surface area contributed by atoms with Gasteiger partial charge >= 0.3 is 0 Å². The summed E-state index contributed by atoms with van der Waals surface area (Å²) in [4.78, 5) is 18.4. The van der Waals surface area contributed by atoms with Gasteiger partial charge in [-0.25, -0.2) is 0 Å². The molecule has 1 aliphatic rings. The topological polar surface area (TPSA) is 84.7 Å². The van der Waals surface area contributed by atoms with Crippen molar-refractivity contribution >= 4 is 12.1 Å². The molecule has 0 bridgehead atoms. The number of allylic oxidation sites excluding steroid dienone is 1. The zero-order valence-electron chi connectivity index (χ0n) is 11.5. The molecule has 1 amide bonds. The van der Waals surface area contributed by atoms with E-state index in [1.807, 2.05) is 25.7 Å². The van der Waals surface area contributed by atoms with E-state index in [1.54, 1.807) is 6.21 Å². The summed E-state index contributed by atoms with van der Waals surface area (Å²) in [7, 11) is 0. The highest BCUT2D eigenvalue weighted by atomic mass is 16.2. The van der Waals surface area contributed by atoms with Gasteiger partial charge in [0.15, 0.2) is 0 Å². The van der Waals surface area contributed by atoms with Gasteiger partial charge in [-0.2, -0.15) is 0 Å². The first-order valence-electron chi connectivity index (χ1n) is 6.34. The van der Waals surface area contributed by atoms with Crippen LogP contribution in [0.2, 0.25) is 0 Å². The lowest BCUT2D eigenvalue weighted by Crippen LogP contribution is -2.44. The Kier molecular flexibility index (Phi) is 4.76. The minimum absolute atomic E-state index is 0.214. The maximum absolute atomic E-state index is 12.1. The minimum atomic E-state index is -0.303. The molecule has 1 saturated heterocycles. The van der Waals surface area contributed by atoms with E-state index in [-0.39, 0.29) is 17.4 Å². The SMILES string of the molecule is CC(C)(C)C(=O)N1CCC(N=CC(N)=CN)CC1. The van der Waals surface area contributed by atoms with Crippen molar-refractivity contribution in [1.82, 2.24) is 4.90 Å². The second-order valence-corrected chi connectivity index (χ2v) is 5.72. The van der Waals surface area contributed by atoms with Crippen LogP contribution in [-0.4, -0.2) is 36.2 Å². The number of nitrogens with two attached hydrogens (primary N) is 2. The number of nitrogens with zero attached hydrogens (tertiary/aromatic N) is 2. The van der Waals surface area contributed by atoms with Crippen LogP contribution in [0, 0.1) is 5.41 Å². The zero-order valence-corrected chi connectivity index (χ0v) is 11.5. The molecule has 5 nitrogen and oxygen atoms in total. The Hall–Kier alpha value is -1.52. The molecule has 0 radical (unpaired) electrons. The predicted molar refractivity (Wildman–Crippen MR) is 74.0 cm³/mol. The van der Waals surface area contributed by atoms with Crippen LogP contribution in [0.5, 0.6) is 0 Å². The van der Waals surface area contributed by atoms with Crippen LogP contribution in [0.15, 0.2) is 16.9 Å². The van der Waals surface area contributed by atoms with E-state index < -0.39 is 0 Å². The summed E-state index contributed by atoms with van der Waals surface area (Å²) in [5.41, 5.74) is 11.0. The number of hydrogen-bond donors (Lipinski definition) is 2. The van der Waals surface area contributed by atoms with Crippen LogP contribution < -0.4 is 11.5 Å². The Morgan fingerprint density at radius 3 is 2.33 bits per heavy atom. The number of likely N-dealkylation sites (tertiary alicyclic amines) is 1. The Balaban J connectivity index is 2.47. The van der Waals surface area contributed by atoms with Crippen molar-refractivity contribution in [1.29, 1.82) is 0 Å². The summed E-state index contributed by atoms with van der Waals surface area (Å²) >= 11 is 0. The van der Waals surface area contributed by atoms with Crippen LogP contribution >= 0.6 is 0 Å². The highest BCUT2D eigenvalue weighted by Crippen LogP contribution is 2.21. The number of rotatable bonds is 2. The highest BCUT2D eigenvalue weighted by molar-refractivity contribution is 5.81. The second-order valence-electron chi connectivity index (χ2n) is 5.72. The molecule has 0 aromatic heterocycles. The largest absolute Gasteiger partial charge is 0.403 e. The Bertz CT molecular complexity index is 346. The van der Waals surface area contributed by atoms with Crippen LogP contribution in [0.25, 0.3) is 0 Å². The predicted octanol–water partition coefficient (Wildman–Crippen LogP) is 0.853. The van der Waals surface area contributed by atoms with Gasteiger partial charge in [-0.05, 0) is 12.8 Å². The number of piperidine rings is 1. The van der Waals surface area contributed by atoms with Crippen LogP contribution in [0.1, 0.15) is 33.6 Å². The molecule has 0 aromatic carbocycles. The lowest BCUT2D eigenvalue weighted by Gasteiger charge is -2.34. The molecule has 0 spiro atoms. The molecule has 1 aliphatic heterocycles. The fourth-order valence-corrected chi connectivity index (χ4v) is 1.93. The number of hydrogen-bond acceptors (Lipinski definition) is 4. The first-order valence-corrected chi connectivity index (χ1v) is 6.34. The third kappa shape index (κ3) is 4.05. The van der Waals surface area contributed by atoms with Gasteiger partial charge in [-0.15, -0.1) is 0 Å². The maximum Gasteiger partial charge on any atom is 0.227 e. The molecule has 1 rings (SSSR count). The minimum Gasteiger partial charge on any atom is -0.403 e. The van der Waals surface area contributed by atoms with Crippen molar-refractivity contribution in [3.05, 3.63) is 11.9 Å². The Morgan fingerprint density at radius 1 is 1.33 bits per heavy atom. The van der Waals surface area contributed by atoms with E-state index in [0.717, 1.165) is 25.9 Å². The van der Waals surface area contributed by atoms with Crippen LogP contribution in [-0.2, 0) is 4.79 Å². The normalized spacial score (nSPS) is 19.5. The number of aliphatic imine (C=N–C) groups is 1. The molecule has 0 saturated carbocycles. The molecule has 18 heavy (non-hydrogen) atoms. The van der Waals surface area contributed by atoms with E-state index in [9.17, 15) is 4.79 Å². The van der Waals surface area contributed by atoms with Crippen molar-refractivity contribution in [3.63, 3.8) is 0 Å². The third-order valence-corrected chi connectivity index (χ3v) is 3.02. The molecule has 0 unspecified atom stereocenters. The van der Waals surface area contributed by atoms with Gasteiger partial charge in [-0.3, -0.25) is 9.79 Å². The Labute approximate surface area is 109 Å². The summed E-state index contributed by atoms with van der Waals surface area (Å²) in [5, 5.41) is 0. The van der Waals surface area contributed by atoms with E-state index >= 15 is 0 Å². The van der Waals surface area contributed by atoms with E-state index in [0.29, 0.717) is 5.70 Å². The quantitative estimate of drug-likeness (QED) is 0.715. The van der Waals surface area contributed by atoms with Gasteiger partial charge in [0, 0.05) is 30.9 Å². The van der Waals surface area contributed by atoms with Crippen molar-refractivity contribution in [3.8, 4) is 0 Å². The third-order valence-electron chi connectivity index (χ3n) is 3.02. The molecule has 4 N–H and O–H groups in total. The molecule has 0 aromatic rings. The van der Waals surface area contributed by atoms with Gasteiger partial charge in [0.05, 0.1) is 11.7 Å². The first-order chi connectivity index (χ1) is 8.34. The first kappa shape index (κ1) is 14.5. The molecule has 1 fully saturated rings. The average Bonchev–Trinajstić information content (AvgIpc) is 2.34. The molecule has 0 atom stereocenters. The fourth-order valence-electron chi connectivity index (χ4n) is 1.93. The van der Waals surface area contributed by atoms with Crippen molar-refractivity contribution < 1.29 is 4.79 Å². The standard InChI is InChI=1S/C13H24N4O/c1-13(2,3)12(18)17-6-4-11(5-7-17)16-9-10(15)8-14/h8-9,11H,4-7,14-15H2,1-3H3. The summed E-state index contributed by atoms with van der Waals surface area (Å²) in [6, 6.07) is 0.243. The lowest BCUT2D eigenvalue weighted by molar-refractivity contribution is -0.140. The van der Waals surface area contributed by atoms with Gasteiger partial charge in [0.25, 0.3) is 0 Å². The second kappa shape index (κ2) is 5.89. The lowest BCUT2D eigenvalue weighted by atomic mass is 9.93. The molecule has 1 heterocycles. The highest BCUT2D eigenvalue weighted by Gasteiger charge is 2.29. The van der Waals surface area contributed by atoms with E-state index in [1.165, 1.54) is 6.20 Å². The fraction of sp³-hybridized carbons (Fsp3) is 0.692. The van der Waals surface area contributed by atoms with Gasteiger partial charge in [0.2, 0.25) is 5.91 Å². The number of carbonyl (C=O) groups excluding carboxylic acids is 1. The molecular formula is C13H24N4O. The summed E-state index contributed by atoms with van der Waals surface area (Å²) in [6.07, 6.45) is 4.71. The van der Waals surface area contributed by atoms with E-state index in [2.05, 4.69) is 4.99 Å². The van der Waals surface area contributed by atoms with Crippen LogP contribution in [0.3, 0.4) is 0 Å². The summed E-state index contributed by atoms with van der Waals surface area (Å²) in [6.45, 7) is 7.39. The monoisotopic (exact) mass is 252 g/mol. The smallest absolute Gasteiger partial charge is 0.227 e. The van der Waals surface area contributed by atoms with Gasteiger partial charge in [-0.1, -0.05) is 20.8 Å². The van der Waals surface area contributed by atoms with Gasteiger partial charge < -0.3 is 16.4 Å². The molecular weight excluding hydrogens is 228 g/mol. The maximum atomic E-state index is 12.1.